The fourth-order valence-corrected chi connectivity index (χ4v) is 4.26. The van der Waals surface area contributed by atoms with Gasteiger partial charge in [0, 0.05) is 23.3 Å². The highest BCUT2D eigenvalue weighted by atomic mass is 32.2. The summed E-state index contributed by atoms with van der Waals surface area (Å²) in [5.74, 6) is 0.527. The number of hydrogen-bond acceptors (Lipinski definition) is 6. The van der Waals surface area contributed by atoms with E-state index in [1.807, 2.05) is 31.2 Å². The normalized spacial score (nSPS) is 11.4. The summed E-state index contributed by atoms with van der Waals surface area (Å²) in [7, 11) is -3.90. The number of nitrogens with one attached hydrogen (secondary N) is 1. The highest BCUT2D eigenvalue weighted by Gasteiger charge is 2.23. The number of para-hydroxylation sites is 1. The first-order chi connectivity index (χ1) is 11.3. The summed E-state index contributed by atoms with van der Waals surface area (Å²) in [4.78, 5) is 10.9. The molecule has 0 aliphatic heterocycles. The van der Waals surface area contributed by atoms with E-state index >= 15 is 0 Å². The van der Waals surface area contributed by atoms with Gasteiger partial charge in [0.25, 0.3) is 5.69 Å². The topological polar surface area (TPSA) is 115 Å². The van der Waals surface area contributed by atoms with Crippen molar-refractivity contribution in [1.82, 2.24) is 4.72 Å². The van der Waals surface area contributed by atoms with Gasteiger partial charge in [0.1, 0.15) is 10.6 Å². The van der Waals surface area contributed by atoms with Crippen molar-refractivity contribution >= 4 is 33.2 Å². The molecule has 0 radical (unpaired) electrons. The number of nitrogen functional groups attached to an aromatic ring is 1. The van der Waals surface area contributed by atoms with Gasteiger partial charge in [-0.2, -0.15) is 0 Å². The van der Waals surface area contributed by atoms with Crippen molar-refractivity contribution in [3.8, 4) is 0 Å². The summed E-state index contributed by atoms with van der Waals surface area (Å²) in [5, 5.41) is 10.9. The molecule has 2 aromatic carbocycles. The van der Waals surface area contributed by atoms with Crippen molar-refractivity contribution in [2.45, 2.75) is 16.7 Å². The molecular formula is C15H17N3O4S2. The first kappa shape index (κ1) is 18.2. The number of benzene rings is 2. The van der Waals surface area contributed by atoms with E-state index in [0.29, 0.717) is 5.75 Å². The first-order valence-corrected chi connectivity index (χ1v) is 9.51. The molecule has 3 N–H and O–H groups in total. The molecule has 9 heteroatoms. The molecule has 7 nitrogen and oxygen atoms in total. The van der Waals surface area contributed by atoms with Crippen LogP contribution >= 0.6 is 11.8 Å². The third-order valence-electron chi connectivity index (χ3n) is 3.27. The van der Waals surface area contributed by atoms with E-state index in [9.17, 15) is 18.5 Å². The summed E-state index contributed by atoms with van der Waals surface area (Å²) in [5.41, 5.74) is 5.95. The highest BCUT2D eigenvalue weighted by Crippen LogP contribution is 2.28. The van der Waals surface area contributed by atoms with Crippen LogP contribution in [0.25, 0.3) is 0 Å². The van der Waals surface area contributed by atoms with Crippen LogP contribution in [0.2, 0.25) is 0 Å². The van der Waals surface area contributed by atoms with E-state index in [2.05, 4.69) is 4.72 Å². The Morgan fingerprint density at radius 2 is 1.92 bits per heavy atom. The molecule has 2 aromatic rings. The summed E-state index contributed by atoms with van der Waals surface area (Å²) in [6.07, 6.45) is 0. The van der Waals surface area contributed by atoms with Crippen LogP contribution in [0.15, 0.2) is 52.3 Å². The van der Waals surface area contributed by atoms with Gasteiger partial charge in [-0.1, -0.05) is 24.3 Å². The number of thioether (sulfide) groups is 1. The van der Waals surface area contributed by atoms with Gasteiger partial charge in [0.15, 0.2) is 0 Å². The predicted octanol–water partition coefficient (Wildman–Crippen LogP) is 2.56. The summed E-state index contributed by atoms with van der Waals surface area (Å²) < 4.78 is 27.0. The van der Waals surface area contributed by atoms with Crippen molar-refractivity contribution in [1.29, 1.82) is 0 Å². The zero-order chi connectivity index (χ0) is 17.7. The van der Waals surface area contributed by atoms with Gasteiger partial charge in [-0.15, -0.1) is 11.8 Å². The largest absolute Gasteiger partial charge is 0.392 e. The maximum absolute atomic E-state index is 12.3. The molecule has 128 valence electrons. The van der Waals surface area contributed by atoms with Crippen LogP contribution in [0.3, 0.4) is 0 Å². The second-order valence-corrected chi connectivity index (χ2v) is 7.83. The fourth-order valence-electron chi connectivity index (χ4n) is 2.06. The van der Waals surface area contributed by atoms with Gasteiger partial charge in [-0.25, -0.2) is 13.1 Å². The Labute approximate surface area is 144 Å². The molecule has 0 aliphatic rings. The lowest BCUT2D eigenvalue weighted by atomic mass is 10.2. The maximum Gasteiger partial charge on any atom is 0.293 e. The van der Waals surface area contributed by atoms with E-state index in [0.717, 1.165) is 10.5 Å². The number of nitrogens with two attached hydrogens (primary N) is 1. The minimum atomic E-state index is -3.90. The summed E-state index contributed by atoms with van der Waals surface area (Å²) in [6.45, 7) is 2.17. The average molecular weight is 367 g/mol. The number of nitro groups is 1. The Kier molecular flexibility index (Phi) is 5.81. The molecular weight excluding hydrogens is 350 g/mol. The van der Waals surface area contributed by atoms with Gasteiger partial charge in [0.2, 0.25) is 10.0 Å². The molecule has 0 aliphatic carbocycles. The Balaban J connectivity index is 2.03. The number of anilines is 1. The lowest BCUT2D eigenvalue weighted by Gasteiger charge is -2.09. The summed E-state index contributed by atoms with van der Waals surface area (Å²) in [6, 6.07) is 11.5. The Morgan fingerprint density at radius 1 is 1.21 bits per heavy atom. The third-order valence-corrected chi connectivity index (χ3v) is 5.97. The van der Waals surface area contributed by atoms with Crippen LogP contribution < -0.4 is 10.5 Å². The van der Waals surface area contributed by atoms with Crippen LogP contribution in [0.1, 0.15) is 5.56 Å². The Hall–Kier alpha value is -2.10. The van der Waals surface area contributed by atoms with Gasteiger partial charge in [-0.3, -0.25) is 10.1 Å². The monoisotopic (exact) mass is 367 g/mol. The Morgan fingerprint density at radius 3 is 2.58 bits per heavy atom. The lowest BCUT2D eigenvalue weighted by molar-refractivity contribution is -0.384. The molecule has 0 bridgehead atoms. The molecule has 0 fully saturated rings. The van der Waals surface area contributed by atoms with Gasteiger partial charge in [-0.05, 0) is 24.6 Å². The molecule has 2 rings (SSSR count). The molecule has 0 saturated carbocycles. The molecule has 0 unspecified atom stereocenters. The quantitative estimate of drug-likeness (QED) is 0.255. The van der Waals surface area contributed by atoms with Gasteiger partial charge in [0.05, 0.1) is 4.92 Å². The molecule has 24 heavy (non-hydrogen) atoms. The minimum Gasteiger partial charge on any atom is -0.392 e. The molecule has 0 atom stereocenters. The zero-order valence-electron chi connectivity index (χ0n) is 12.9. The SMILES string of the molecule is Cc1ccccc1SCCNS(=O)(=O)c1cccc([N+](=O)[O-])c1N. The van der Waals surface area contributed by atoms with Crippen molar-refractivity contribution in [2.75, 3.05) is 18.0 Å². The Bertz CT molecular complexity index is 854. The number of nitrogens with zero attached hydrogens (tertiary/aromatic N) is 1. The molecule has 0 amide bonds. The number of rotatable bonds is 7. The standard InChI is InChI=1S/C15H17N3O4S2/c1-11-5-2-3-7-13(11)23-10-9-17-24(21,22)14-8-4-6-12(15(14)16)18(19)20/h2-8,17H,9-10,16H2,1H3. The summed E-state index contributed by atoms with van der Waals surface area (Å²) >= 11 is 1.53. The number of sulfonamides is 1. The van der Waals surface area contributed by atoms with Crippen molar-refractivity contribution in [3.63, 3.8) is 0 Å². The fraction of sp³-hybridized carbons (Fsp3) is 0.200. The lowest BCUT2D eigenvalue weighted by Crippen LogP contribution is -2.27. The van der Waals surface area contributed by atoms with Crippen LogP contribution in [0.5, 0.6) is 0 Å². The van der Waals surface area contributed by atoms with Crippen LogP contribution in [0.4, 0.5) is 11.4 Å². The number of aryl methyl sites for hydroxylation is 1. The average Bonchev–Trinajstić information content (AvgIpc) is 2.53. The van der Waals surface area contributed by atoms with E-state index < -0.39 is 20.6 Å². The van der Waals surface area contributed by atoms with Crippen molar-refractivity contribution in [3.05, 3.63) is 58.1 Å². The van der Waals surface area contributed by atoms with E-state index in [1.54, 1.807) is 0 Å². The maximum atomic E-state index is 12.3. The number of nitro benzene ring substituents is 1. The second kappa shape index (κ2) is 7.65. The van der Waals surface area contributed by atoms with E-state index in [1.165, 1.54) is 30.0 Å². The van der Waals surface area contributed by atoms with E-state index in [-0.39, 0.29) is 17.1 Å². The van der Waals surface area contributed by atoms with Gasteiger partial charge < -0.3 is 5.73 Å². The predicted molar refractivity (Wildman–Crippen MR) is 94.6 cm³/mol. The minimum absolute atomic E-state index is 0.184. The third kappa shape index (κ3) is 4.25. The number of hydrogen-bond donors (Lipinski definition) is 2. The molecule has 0 heterocycles. The van der Waals surface area contributed by atoms with E-state index in [4.69, 9.17) is 5.73 Å². The van der Waals surface area contributed by atoms with Gasteiger partial charge >= 0.3 is 0 Å². The smallest absolute Gasteiger partial charge is 0.293 e. The zero-order valence-corrected chi connectivity index (χ0v) is 14.6. The molecule has 0 spiro atoms. The van der Waals surface area contributed by atoms with Crippen molar-refractivity contribution in [2.24, 2.45) is 0 Å². The molecule has 0 saturated heterocycles. The second-order valence-electron chi connectivity index (χ2n) is 4.96. The van der Waals surface area contributed by atoms with Crippen LogP contribution in [-0.4, -0.2) is 25.6 Å². The van der Waals surface area contributed by atoms with Crippen molar-refractivity contribution < 1.29 is 13.3 Å². The molecule has 0 aromatic heterocycles. The highest BCUT2D eigenvalue weighted by molar-refractivity contribution is 7.99. The van der Waals surface area contributed by atoms with Crippen LogP contribution in [0, 0.1) is 17.0 Å². The van der Waals surface area contributed by atoms with Crippen LogP contribution in [-0.2, 0) is 10.0 Å². The first-order valence-electron chi connectivity index (χ1n) is 7.04.